The molecule has 0 bridgehead atoms. The van der Waals surface area contributed by atoms with E-state index in [2.05, 4.69) is 23.8 Å². The van der Waals surface area contributed by atoms with Gasteiger partial charge in [-0.15, -0.1) is 13.2 Å². The molecule has 0 unspecified atom stereocenters. The van der Waals surface area contributed by atoms with Crippen LogP contribution in [0.15, 0.2) is 55.6 Å². The predicted molar refractivity (Wildman–Crippen MR) is 120 cm³/mol. The van der Waals surface area contributed by atoms with E-state index in [0.717, 1.165) is 5.56 Å². The zero-order chi connectivity index (χ0) is 23.1. The van der Waals surface area contributed by atoms with Crippen molar-refractivity contribution in [2.45, 2.75) is 51.1 Å². The first-order chi connectivity index (χ1) is 14.9. The largest absolute Gasteiger partial charge is 0.463 e. The number of amides is 2. The maximum atomic E-state index is 12.9. The molecule has 170 valence electrons. The molecule has 3 atom stereocenters. The molecule has 0 saturated heterocycles. The van der Waals surface area contributed by atoms with Gasteiger partial charge >= 0.3 is 5.97 Å². The molecular weight excluding hydrogens is 396 g/mol. The number of rotatable bonds is 15. The first kappa shape index (κ1) is 26.1. The van der Waals surface area contributed by atoms with Crippen LogP contribution in [-0.2, 0) is 25.5 Å². The summed E-state index contributed by atoms with van der Waals surface area (Å²) in [6.07, 6.45) is 4.77. The van der Waals surface area contributed by atoms with Gasteiger partial charge in [-0.1, -0.05) is 42.5 Å². The van der Waals surface area contributed by atoms with Crippen molar-refractivity contribution in [3.63, 3.8) is 0 Å². The van der Waals surface area contributed by atoms with Crippen LogP contribution in [0.2, 0.25) is 0 Å². The third kappa shape index (κ3) is 11.1. The number of aliphatic hydroxyl groups excluding tert-OH is 1. The minimum atomic E-state index is -0.613. The zero-order valence-electron chi connectivity index (χ0n) is 18.2. The number of nitrogens with one attached hydrogen (secondary N) is 2. The minimum absolute atomic E-state index is 0.0284. The smallest absolute Gasteiger partial charge is 0.306 e. The van der Waals surface area contributed by atoms with E-state index in [1.165, 1.54) is 0 Å². The Kier molecular flexibility index (Phi) is 12.6. The van der Waals surface area contributed by atoms with Gasteiger partial charge in [0.1, 0.15) is 6.61 Å². The van der Waals surface area contributed by atoms with Crippen molar-refractivity contribution in [2.75, 3.05) is 13.2 Å². The molecule has 31 heavy (non-hydrogen) atoms. The highest BCUT2D eigenvalue weighted by Crippen LogP contribution is 2.12. The molecule has 0 saturated carbocycles. The summed E-state index contributed by atoms with van der Waals surface area (Å²) < 4.78 is 5.34. The van der Waals surface area contributed by atoms with Crippen LogP contribution in [-0.4, -0.2) is 48.2 Å². The minimum Gasteiger partial charge on any atom is -0.463 e. The van der Waals surface area contributed by atoms with E-state index in [4.69, 9.17) is 9.84 Å². The summed E-state index contributed by atoms with van der Waals surface area (Å²) in [6, 6.07) is 8.75. The maximum absolute atomic E-state index is 12.9. The molecule has 0 heterocycles. The molecule has 2 amide bonds. The van der Waals surface area contributed by atoms with E-state index in [0.29, 0.717) is 19.3 Å². The van der Waals surface area contributed by atoms with Crippen LogP contribution < -0.4 is 10.6 Å². The number of ether oxygens (including phenoxy) is 1. The fraction of sp³-hybridized carbons (Fsp3) is 0.458. The summed E-state index contributed by atoms with van der Waals surface area (Å²) in [5.41, 5.74) is 0.990. The van der Waals surface area contributed by atoms with E-state index in [1.54, 1.807) is 19.1 Å². The van der Waals surface area contributed by atoms with Crippen LogP contribution in [0.5, 0.6) is 0 Å². The number of benzene rings is 1. The van der Waals surface area contributed by atoms with Crippen molar-refractivity contribution in [3.8, 4) is 0 Å². The number of carbonyl (C=O) groups is 3. The van der Waals surface area contributed by atoms with Crippen LogP contribution >= 0.6 is 0 Å². The van der Waals surface area contributed by atoms with Crippen LogP contribution in [0.3, 0.4) is 0 Å². The van der Waals surface area contributed by atoms with Crippen molar-refractivity contribution in [1.29, 1.82) is 0 Å². The van der Waals surface area contributed by atoms with Gasteiger partial charge in [-0.2, -0.15) is 0 Å². The Morgan fingerprint density at radius 2 is 1.84 bits per heavy atom. The molecule has 1 rings (SSSR count). The van der Waals surface area contributed by atoms with Crippen LogP contribution in [0, 0.1) is 5.92 Å². The molecule has 1 aromatic rings. The zero-order valence-corrected chi connectivity index (χ0v) is 18.2. The topological polar surface area (TPSA) is 105 Å². The Morgan fingerprint density at radius 1 is 1.13 bits per heavy atom. The number of allylic oxidation sites excluding steroid dienone is 2. The number of esters is 1. The average Bonchev–Trinajstić information content (AvgIpc) is 2.76. The second-order valence-electron chi connectivity index (χ2n) is 7.48. The second kappa shape index (κ2) is 15.0. The molecular formula is C24H34N2O5. The highest BCUT2D eigenvalue weighted by molar-refractivity contribution is 5.86. The fourth-order valence-electron chi connectivity index (χ4n) is 2.94. The summed E-state index contributed by atoms with van der Waals surface area (Å²) in [5, 5.41) is 14.7. The fourth-order valence-corrected chi connectivity index (χ4v) is 2.94. The third-order valence-corrected chi connectivity index (χ3v) is 4.60. The van der Waals surface area contributed by atoms with Gasteiger partial charge in [0.05, 0.1) is 18.6 Å². The van der Waals surface area contributed by atoms with Crippen molar-refractivity contribution >= 4 is 17.8 Å². The standard InChI is InChI=1S/C24H34N2O5/c1-4-6-13-23(29)31-17-21(14-19-11-8-7-9-12-19)26-24(30)20(10-5-2)15-22(28)25-18(3)16-27/h4-5,7-9,11-12,18,20-21,27H,1-2,6,10,13-17H2,3H3,(H,25,28)(H,26,30)/t18-,20+,21+/m0/s1. The van der Waals surface area contributed by atoms with Gasteiger partial charge in [-0.25, -0.2) is 0 Å². The van der Waals surface area contributed by atoms with Crippen molar-refractivity contribution in [2.24, 2.45) is 5.92 Å². The van der Waals surface area contributed by atoms with E-state index >= 15 is 0 Å². The van der Waals surface area contributed by atoms with Crippen molar-refractivity contribution < 1.29 is 24.2 Å². The molecule has 0 radical (unpaired) electrons. The third-order valence-electron chi connectivity index (χ3n) is 4.60. The van der Waals surface area contributed by atoms with Gasteiger partial charge in [0.15, 0.2) is 0 Å². The lowest BCUT2D eigenvalue weighted by molar-refractivity contribution is -0.145. The Balaban J connectivity index is 2.80. The monoisotopic (exact) mass is 430 g/mol. The van der Waals surface area contributed by atoms with Crippen LogP contribution in [0.1, 0.15) is 38.2 Å². The van der Waals surface area contributed by atoms with E-state index in [1.807, 2.05) is 30.3 Å². The number of carbonyl (C=O) groups excluding carboxylic acids is 3. The highest BCUT2D eigenvalue weighted by Gasteiger charge is 2.24. The van der Waals surface area contributed by atoms with E-state index in [-0.39, 0.29) is 49.9 Å². The summed E-state index contributed by atoms with van der Waals surface area (Å²) in [4.78, 5) is 37.0. The number of aliphatic hydroxyl groups is 1. The van der Waals surface area contributed by atoms with Gasteiger partial charge in [-0.3, -0.25) is 14.4 Å². The van der Waals surface area contributed by atoms with E-state index < -0.39 is 12.0 Å². The first-order valence-electron chi connectivity index (χ1n) is 10.5. The highest BCUT2D eigenvalue weighted by atomic mass is 16.5. The second-order valence-corrected chi connectivity index (χ2v) is 7.48. The van der Waals surface area contributed by atoms with Crippen molar-refractivity contribution in [3.05, 3.63) is 61.2 Å². The quantitative estimate of drug-likeness (QED) is 0.293. The van der Waals surface area contributed by atoms with Crippen LogP contribution in [0.4, 0.5) is 0 Å². The summed E-state index contributed by atoms with van der Waals surface area (Å²) in [6.45, 7) is 8.79. The molecule has 7 nitrogen and oxygen atoms in total. The van der Waals surface area contributed by atoms with Gasteiger partial charge in [-0.05, 0) is 31.7 Å². The van der Waals surface area contributed by atoms with Gasteiger partial charge < -0.3 is 20.5 Å². The molecule has 0 aliphatic heterocycles. The lowest BCUT2D eigenvalue weighted by Gasteiger charge is -2.23. The normalized spacial score (nSPS) is 13.4. The summed E-state index contributed by atoms with van der Waals surface area (Å²) in [7, 11) is 0. The molecule has 0 aromatic heterocycles. The molecule has 3 N–H and O–H groups in total. The lowest BCUT2D eigenvalue weighted by Crippen LogP contribution is -2.45. The van der Waals surface area contributed by atoms with Gasteiger partial charge in [0, 0.05) is 18.9 Å². The Hall–Kier alpha value is -2.93. The number of hydrogen-bond acceptors (Lipinski definition) is 5. The molecule has 0 fully saturated rings. The molecule has 0 spiro atoms. The molecule has 0 aliphatic carbocycles. The van der Waals surface area contributed by atoms with Crippen LogP contribution in [0.25, 0.3) is 0 Å². The predicted octanol–water partition coefficient (Wildman–Crippen LogP) is 2.30. The molecule has 1 aromatic carbocycles. The lowest BCUT2D eigenvalue weighted by atomic mass is 9.98. The van der Waals surface area contributed by atoms with E-state index in [9.17, 15) is 14.4 Å². The molecule has 0 aliphatic rings. The number of hydrogen-bond donors (Lipinski definition) is 3. The SMILES string of the molecule is C=CCCC(=O)OC[C@@H](Cc1ccccc1)NC(=O)[C@H](CC=C)CC(=O)N[C@@H](C)CO. The first-order valence-corrected chi connectivity index (χ1v) is 10.5. The van der Waals surface area contributed by atoms with Gasteiger partial charge in [0.2, 0.25) is 11.8 Å². The Morgan fingerprint density at radius 3 is 2.45 bits per heavy atom. The Bertz CT molecular complexity index is 720. The maximum Gasteiger partial charge on any atom is 0.306 e. The molecule has 7 heteroatoms. The van der Waals surface area contributed by atoms with Gasteiger partial charge in [0.25, 0.3) is 0 Å². The summed E-state index contributed by atoms with van der Waals surface area (Å²) in [5.74, 6) is -1.60. The Labute approximate surface area is 184 Å². The van der Waals surface area contributed by atoms with Crippen molar-refractivity contribution in [1.82, 2.24) is 10.6 Å². The average molecular weight is 431 g/mol. The summed E-state index contributed by atoms with van der Waals surface area (Å²) >= 11 is 0.